The number of nitrogens with zero attached hydrogens (tertiary/aromatic N) is 3. The highest BCUT2D eigenvalue weighted by atomic mass is 35.5. The number of hydrogen-bond acceptors (Lipinski definition) is 3. The molecule has 1 aromatic heterocycles. The second kappa shape index (κ2) is 7.09. The summed E-state index contributed by atoms with van der Waals surface area (Å²) in [5, 5.41) is 10.4. The van der Waals surface area contributed by atoms with Gasteiger partial charge in [-0.05, 0) is 69.2 Å². The molecule has 0 saturated heterocycles. The van der Waals surface area contributed by atoms with Gasteiger partial charge in [0.05, 0.1) is 22.1 Å². The molecule has 2 heterocycles. The van der Waals surface area contributed by atoms with E-state index in [0.29, 0.717) is 16.4 Å². The molecule has 4 nitrogen and oxygen atoms in total. The molecule has 0 aliphatic carbocycles. The van der Waals surface area contributed by atoms with Crippen LogP contribution in [-0.2, 0) is 0 Å². The number of aromatic amines is 1. The van der Waals surface area contributed by atoms with Crippen molar-refractivity contribution in [3.05, 3.63) is 64.4 Å². The third-order valence-electron chi connectivity index (χ3n) is 5.48. The molecular formula is C24H23ClN4. The Kier molecular flexibility index (Phi) is 4.72. The molecule has 5 heteroatoms. The van der Waals surface area contributed by atoms with E-state index in [1.54, 1.807) is 0 Å². The number of benzene rings is 2. The lowest BCUT2D eigenvalue weighted by Gasteiger charge is -2.43. The average molecular weight is 403 g/mol. The number of halogens is 1. The Balaban J connectivity index is 1.83. The fourth-order valence-electron chi connectivity index (χ4n) is 4.19. The number of nitriles is 1. The first-order chi connectivity index (χ1) is 13.8. The summed E-state index contributed by atoms with van der Waals surface area (Å²) in [6.45, 7) is 9.58. The van der Waals surface area contributed by atoms with E-state index in [0.717, 1.165) is 34.4 Å². The summed E-state index contributed by atoms with van der Waals surface area (Å²) in [5.74, 6) is 0.547. The lowest BCUT2D eigenvalue weighted by Crippen LogP contribution is -2.44. The van der Waals surface area contributed by atoms with E-state index in [-0.39, 0.29) is 5.54 Å². The van der Waals surface area contributed by atoms with Gasteiger partial charge in [-0.1, -0.05) is 29.8 Å². The molecule has 0 saturated carbocycles. The normalized spacial score (nSPS) is 15.8. The van der Waals surface area contributed by atoms with Crippen molar-refractivity contribution >= 4 is 45.5 Å². The van der Waals surface area contributed by atoms with Crippen LogP contribution in [0.25, 0.3) is 28.3 Å². The summed E-state index contributed by atoms with van der Waals surface area (Å²) in [5.41, 5.74) is 6.41. The Morgan fingerprint density at radius 3 is 2.76 bits per heavy atom. The van der Waals surface area contributed by atoms with Crippen molar-refractivity contribution in [2.45, 2.75) is 33.2 Å². The minimum Gasteiger partial charge on any atom is -0.363 e. The van der Waals surface area contributed by atoms with Crippen molar-refractivity contribution in [3.63, 3.8) is 0 Å². The number of nitrogens with one attached hydrogen (secondary N) is 1. The van der Waals surface area contributed by atoms with E-state index in [2.05, 4.69) is 60.8 Å². The molecule has 2 aromatic carbocycles. The largest absolute Gasteiger partial charge is 0.363 e. The van der Waals surface area contributed by atoms with Crippen molar-refractivity contribution in [2.24, 2.45) is 0 Å². The maximum Gasteiger partial charge on any atom is 0.149 e. The summed E-state index contributed by atoms with van der Waals surface area (Å²) in [7, 11) is 0. The number of anilines is 1. The molecule has 0 unspecified atom stereocenters. The van der Waals surface area contributed by atoms with Gasteiger partial charge in [0.15, 0.2) is 0 Å². The van der Waals surface area contributed by atoms with Crippen LogP contribution in [0.4, 0.5) is 5.69 Å². The van der Waals surface area contributed by atoms with E-state index >= 15 is 0 Å². The Morgan fingerprint density at radius 2 is 2.07 bits per heavy atom. The highest BCUT2D eigenvalue weighted by Crippen LogP contribution is 2.41. The zero-order valence-corrected chi connectivity index (χ0v) is 17.8. The lowest BCUT2D eigenvalue weighted by atomic mass is 9.88. The lowest BCUT2D eigenvalue weighted by molar-refractivity contribution is 0.566. The quantitative estimate of drug-likeness (QED) is 0.523. The van der Waals surface area contributed by atoms with E-state index in [4.69, 9.17) is 11.6 Å². The van der Waals surface area contributed by atoms with Gasteiger partial charge in [-0.25, -0.2) is 4.98 Å². The molecule has 4 rings (SSSR count). The van der Waals surface area contributed by atoms with Crippen molar-refractivity contribution < 1.29 is 0 Å². The van der Waals surface area contributed by atoms with E-state index in [9.17, 15) is 5.26 Å². The van der Waals surface area contributed by atoms with Crippen LogP contribution in [0, 0.1) is 11.3 Å². The monoisotopic (exact) mass is 402 g/mol. The molecule has 1 aliphatic heterocycles. The molecule has 146 valence electrons. The number of likely N-dealkylation sites (N-methyl/N-ethyl adjacent to an activating group) is 1. The number of para-hydroxylation sites is 2. The molecule has 1 aliphatic rings. The van der Waals surface area contributed by atoms with Gasteiger partial charge < -0.3 is 9.88 Å². The summed E-state index contributed by atoms with van der Waals surface area (Å²) in [6.07, 6.45) is 4.09. The van der Waals surface area contributed by atoms with Gasteiger partial charge >= 0.3 is 0 Å². The Bertz CT molecular complexity index is 1170. The van der Waals surface area contributed by atoms with Crippen molar-refractivity contribution in [1.29, 1.82) is 5.26 Å². The van der Waals surface area contributed by atoms with Gasteiger partial charge in [-0.15, -0.1) is 0 Å². The third-order valence-corrected chi connectivity index (χ3v) is 5.80. The fraction of sp³-hybridized carbons (Fsp3) is 0.250. The van der Waals surface area contributed by atoms with Crippen LogP contribution in [-0.4, -0.2) is 22.1 Å². The van der Waals surface area contributed by atoms with Crippen LogP contribution in [0.1, 0.15) is 44.6 Å². The second-order valence-electron chi connectivity index (χ2n) is 7.89. The maximum absolute atomic E-state index is 9.75. The van der Waals surface area contributed by atoms with E-state index in [1.165, 1.54) is 5.57 Å². The second-order valence-corrected chi connectivity index (χ2v) is 8.30. The number of H-pyrrole nitrogens is 1. The summed E-state index contributed by atoms with van der Waals surface area (Å²) >= 11 is 6.66. The van der Waals surface area contributed by atoms with Gasteiger partial charge in [0, 0.05) is 22.8 Å². The molecule has 0 bridgehead atoms. The van der Waals surface area contributed by atoms with E-state index < -0.39 is 0 Å². The minimum atomic E-state index is -0.0708. The molecule has 0 radical (unpaired) electrons. The van der Waals surface area contributed by atoms with Crippen molar-refractivity contribution in [3.8, 4) is 6.07 Å². The van der Waals surface area contributed by atoms with Gasteiger partial charge in [0.1, 0.15) is 11.9 Å². The van der Waals surface area contributed by atoms with Crippen molar-refractivity contribution in [2.75, 3.05) is 11.4 Å². The van der Waals surface area contributed by atoms with Crippen LogP contribution in [0.5, 0.6) is 0 Å². The fourth-order valence-corrected chi connectivity index (χ4v) is 4.40. The molecule has 0 fully saturated rings. The standard InChI is InChI=1S/C24H23ClN4/c1-5-29-22-12-19(25)16(11-18(22)15(2)13-24(29,3)4)10-17(14-26)23-27-20-8-6-7-9-21(20)28-23/h6-13H,5H2,1-4H3,(H,27,28)/b17-10+. The first-order valence-corrected chi connectivity index (χ1v) is 10.1. The highest BCUT2D eigenvalue weighted by Gasteiger charge is 2.30. The predicted molar refractivity (Wildman–Crippen MR) is 122 cm³/mol. The number of fused-ring (bicyclic) bond motifs is 2. The van der Waals surface area contributed by atoms with Gasteiger partial charge in [-0.3, -0.25) is 0 Å². The highest BCUT2D eigenvalue weighted by molar-refractivity contribution is 6.32. The molecule has 3 aromatic rings. The maximum atomic E-state index is 9.75. The number of aromatic nitrogens is 2. The summed E-state index contributed by atoms with van der Waals surface area (Å²) < 4.78 is 0. The molecule has 0 atom stereocenters. The van der Waals surface area contributed by atoms with Gasteiger partial charge in [0.25, 0.3) is 0 Å². The predicted octanol–water partition coefficient (Wildman–Crippen LogP) is 6.30. The Hall–Kier alpha value is -3.03. The molecule has 0 amide bonds. The Morgan fingerprint density at radius 1 is 1.31 bits per heavy atom. The molecule has 0 spiro atoms. The summed E-state index contributed by atoms with van der Waals surface area (Å²) in [4.78, 5) is 10.1. The molecule has 1 N–H and O–H groups in total. The number of imidazole rings is 1. The molecular weight excluding hydrogens is 380 g/mol. The molecule has 29 heavy (non-hydrogen) atoms. The number of allylic oxidation sites excluding steroid dienone is 2. The smallest absolute Gasteiger partial charge is 0.149 e. The summed E-state index contributed by atoms with van der Waals surface area (Å²) in [6, 6.07) is 14.1. The number of hydrogen-bond donors (Lipinski definition) is 1. The van der Waals surface area contributed by atoms with Crippen molar-refractivity contribution in [1.82, 2.24) is 9.97 Å². The van der Waals surface area contributed by atoms with Gasteiger partial charge in [-0.2, -0.15) is 5.26 Å². The average Bonchev–Trinajstić information content (AvgIpc) is 3.10. The third kappa shape index (κ3) is 3.32. The Labute approximate surface area is 176 Å². The SMILES string of the molecule is CCN1c2cc(Cl)c(/C=C(\C#N)c3nc4ccccc4[nH]3)cc2C(C)=CC1(C)C. The first kappa shape index (κ1) is 19.3. The van der Waals surface area contributed by atoms with E-state index in [1.807, 2.05) is 36.4 Å². The van der Waals surface area contributed by atoms with Crippen LogP contribution < -0.4 is 4.90 Å². The van der Waals surface area contributed by atoms with Crippen LogP contribution in [0.3, 0.4) is 0 Å². The zero-order valence-electron chi connectivity index (χ0n) is 17.0. The van der Waals surface area contributed by atoms with Crippen LogP contribution in [0.15, 0.2) is 42.5 Å². The minimum absolute atomic E-state index is 0.0708. The van der Waals surface area contributed by atoms with Crippen LogP contribution in [0.2, 0.25) is 5.02 Å². The number of rotatable bonds is 3. The first-order valence-electron chi connectivity index (χ1n) is 9.72. The zero-order chi connectivity index (χ0) is 20.8. The van der Waals surface area contributed by atoms with Crippen LogP contribution >= 0.6 is 11.6 Å². The topological polar surface area (TPSA) is 55.7 Å². The van der Waals surface area contributed by atoms with Gasteiger partial charge in [0.2, 0.25) is 0 Å².